The molecule has 0 bridgehead atoms. The first-order valence-corrected chi connectivity index (χ1v) is 6.02. The Kier molecular flexibility index (Phi) is 3.41. The number of aliphatic hydroxyl groups is 3. The highest BCUT2D eigenvalue weighted by Crippen LogP contribution is 2.32. The molecule has 2 aromatic heterocycles. The fourth-order valence-corrected chi connectivity index (χ4v) is 2.25. The monoisotopic (exact) mass is 293 g/mol. The Labute approximate surface area is 117 Å². The fraction of sp³-hybridized carbons (Fsp3) is 0.500. The minimum Gasteiger partial charge on any atom is -0.394 e. The van der Waals surface area contributed by atoms with Crippen molar-refractivity contribution in [2.45, 2.75) is 24.5 Å². The Morgan fingerprint density at radius 2 is 2.14 bits per heavy atom. The second kappa shape index (κ2) is 5.24. The molecule has 110 valence electrons. The largest absolute Gasteiger partial charge is 0.394 e. The van der Waals surface area contributed by atoms with E-state index < -0.39 is 31.1 Å². The van der Waals surface area contributed by atoms with Crippen LogP contribution in [0.5, 0.6) is 0 Å². The Morgan fingerprint density at radius 3 is 2.81 bits per heavy atom. The molecule has 0 spiro atoms. The second-order valence-electron chi connectivity index (χ2n) is 4.44. The zero-order valence-corrected chi connectivity index (χ0v) is 10.6. The summed E-state index contributed by atoms with van der Waals surface area (Å²) >= 11 is 0. The van der Waals surface area contributed by atoms with E-state index in [9.17, 15) is 10.2 Å². The molecule has 0 aromatic carbocycles. The highest BCUT2D eigenvalue weighted by molar-refractivity contribution is 5.80. The van der Waals surface area contributed by atoms with Gasteiger partial charge in [0.2, 0.25) is 0 Å². The van der Waals surface area contributed by atoms with Gasteiger partial charge in [0.25, 0.3) is 0 Å². The normalized spacial score (nSPS) is 28.7. The van der Waals surface area contributed by atoms with Crippen LogP contribution >= 0.6 is 0 Å². The lowest BCUT2D eigenvalue weighted by Crippen LogP contribution is -2.33. The first kappa shape index (κ1) is 13.7. The van der Waals surface area contributed by atoms with Crippen molar-refractivity contribution >= 4 is 17.0 Å². The molecule has 2 aromatic rings. The van der Waals surface area contributed by atoms with Crippen molar-refractivity contribution in [2.75, 3.05) is 6.61 Å². The number of azide groups is 1. The summed E-state index contributed by atoms with van der Waals surface area (Å²) in [6.45, 7) is -0.430. The first-order chi connectivity index (χ1) is 10.2. The van der Waals surface area contributed by atoms with Gasteiger partial charge in [0.1, 0.15) is 30.2 Å². The molecule has 0 saturated carbocycles. The number of hydrogen-bond donors (Lipinski definition) is 3. The first-order valence-electron chi connectivity index (χ1n) is 6.02. The van der Waals surface area contributed by atoms with Gasteiger partial charge in [-0.25, -0.2) is 15.0 Å². The van der Waals surface area contributed by atoms with Gasteiger partial charge in [-0.1, -0.05) is 0 Å². The number of nitrogens with zero attached hydrogens (tertiary/aromatic N) is 7. The molecule has 11 heteroatoms. The Hall–Kier alpha value is -2.30. The van der Waals surface area contributed by atoms with E-state index in [1.54, 1.807) is 0 Å². The average Bonchev–Trinajstić information content (AvgIpc) is 3.03. The van der Waals surface area contributed by atoms with Crippen LogP contribution < -0.4 is 0 Å². The quantitative estimate of drug-likeness (QED) is 0.385. The van der Waals surface area contributed by atoms with Crippen LogP contribution in [-0.2, 0) is 4.74 Å². The molecular weight excluding hydrogens is 282 g/mol. The predicted molar refractivity (Wildman–Crippen MR) is 67.1 cm³/mol. The summed E-state index contributed by atoms with van der Waals surface area (Å²) in [5, 5.41) is 32.3. The van der Waals surface area contributed by atoms with Crippen molar-refractivity contribution in [1.82, 2.24) is 19.5 Å². The van der Waals surface area contributed by atoms with Gasteiger partial charge in [-0.15, -0.1) is 0 Å². The number of imidazole rings is 1. The van der Waals surface area contributed by atoms with Gasteiger partial charge in [-0.3, -0.25) is 4.57 Å². The average molecular weight is 293 g/mol. The number of aromatic nitrogens is 4. The highest BCUT2D eigenvalue weighted by Gasteiger charge is 2.43. The Morgan fingerprint density at radius 1 is 1.33 bits per heavy atom. The minimum absolute atomic E-state index is 0.0491. The van der Waals surface area contributed by atoms with Crippen molar-refractivity contribution in [3.05, 3.63) is 23.1 Å². The van der Waals surface area contributed by atoms with Gasteiger partial charge in [-0.2, -0.15) is 0 Å². The molecule has 1 aliphatic heterocycles. The molecule has 0 radical (unpaired) electrons. The maximum atomic E-state index is 10.0. The Bertz CT molecular complexity index is 712. The molecule has 4 unspecified atom stereocenters. The van der Waals surface area contributed by atoms with Crippen LogP contribution in [0.15, 0.2) is 17.8 Å². The molecule has 4 atom stereocenters. The number of ether oxygens (including phenoxy) is 1. The lowest BCUT2D eigenvalue weighted by Gasteiger charge is -2.16. The van der Waals surface area contributed by atoms with Gasteiger partial charge in [0.05, 0.1) is 12.9 Å². The molecular formula is C10H11N7O4. The molecule has 0 aliphatic carbocycles. The minimum atomic E-state index is -1.25. The Balaban J connectivity index is 2.06. The van der Waals surface area contributed by atoms with Gasteiger partial charge in [0, 0.05) is 4.91 Å². The van der Waals surface area contributed by atoms with E-state index in [0.717, 1.165) is 0 Å². The fourth-order valence-electron chi connectivity index (χ4n) is 2.25. The zero-order valence-electron chi connectivity index (χ0n) is 10.6. The van der Waals surface area contributed by atoms with Crippen LogP contribution in [0.2, 0.25) is 0 Å². The van der Waals surface area contributed by atoms with Crippen LogP contribution in [0.4, 0.5) is 5.82 Å². The third kappa shape index (κ3) is 2.09. The van der Waals surface area contributed by atoms with Crippen LogP contribution in [0.25, 0.3) is 21.6 Å². The highest BCUT2D eigenvalue weighted by atomic mass is 16.6. The van der Waals surface area contributed by atoms with E-state index in [-0.39, 0.29) is 17.0 Å². The van der Waals surface area contributed by atoms with E-state index in [4.69, 9.17) is 15.4 Å². The molecule has 3 heterocycles. The zero-order chi connectivity index (χ0) is 15.0. The standard InChI is InChI=1S/C10H11N7O4/c11-16-15-8-5-9(13-2-12-8)17(3-14-5)10-7(20)6(19)4(1-18)21-10/h2-4,6-7,10,18-20H,1H2. The van der Waals surface area contributed by atoms with Crippen molar-refractivity contribution in [3.63, 3.8) is 0 Å². The third-order valence-electron chi connectivity index (χ3n) is 3.27. The SMILES string of the molecule is [N-]=[N+]=Nc1ncnc2c1ncn2C1OC(CO)C(O)C1O. The summed E-state index contributed by atoms with van der Waals surface area (Å²) in [6, 6.07) is 0. The van der Waals surface area contributed by atoms with Crippen molar-refractivity contribution < 1.29 is 20.1 Å². The maximum absolute atomic E-state index is 10.0. The topological polar surface area (TPSA) is 162 Å². The van der Waals surface area contributed by atoms with Crippen molar-refractivity contribution in [1.29, 1.82) is 0 Å². The molecule has 11 nitrogen and oxygen atoms in total. The molecule has 1 aliphatic rings. The lowest BCUT2D eigenvalue weighted by molar-refractivity contribution is -0.0511. The molecule has 1 saturated heterocycles. The van der Waals surface area contributed by atoms with Crippen LogP contribution in [0.1, 0.15) is 6.23 Å². The number of rotatable bonds is 3. The van der Waals surface area contributed by atoms with Gasteiger partial charge < -0.3 is 20.1 Å². The van der Waals surface area contributed by atoms with Crippen molar-refractivity contribution in [3.8, 4) is 0 Å². The lowest BCUT2D eigenvalue weighted by atomic mass is 10.1. The summed E-state index contributed by atoms with van der Waals surface area (Å²) in [4.78, 5) is 14.5. The third-order valence-corrected chi connectivity index (χ3v) is 3.27. The molecule has 21 heavy (non-hydrogen) atoms. The number of hydrogen-bond acceptors (Lipinski definition) is 8. The van der Waals surface area contributed by atoms with E-state index in [1.165, 1.54) is 17.2 Å². The van der Waals surface area contributed by atoms with Crippen LogP contribution in [0, 0.1) is 0 Å². The smallest absolute Gasteiger partial charge is 0.165 e. The van der Waals surface area contributed by atoms with Crippen LogP contribution in [0.3, 0.4) is 0 Å². The summed E-state index contributed by atoms with van der Waals surface area (Å²) in [5.41, 5.74) is 9.00. The summed E-state index contributed by atoms with van der Waals surface area (Å²) in [6.07, 6.45) is -1.83. The van der Waals surface area contributed by atoms with Gasteiger partial charge >= 0.3 is 0 Å². The van der Waals surface area contributed by atoms with E-state index in [2.05, 4.69) is 25.0 Å². The number of aliphatic hydroxyl groups excluding tert-OH is 3. The van der Waals surface area contributed by atoms with Gasteiger partial charge in [0.15, 0.2) is 17.7 Å². The predicted octanol–water partition coefficient (Wildman–Crippen LogP) is -0.620. The van der Waals surface area contributed by atoms with Gasteiger partial charge in [-0.05, 0) is 10.6 Å². The molecule has 0 amide bonds. The van der Waals surface area contributed by atoms with E-state index in [0.29, 0.717) is 0 Å². The number of fused-ring (bicyclic) bond motifs is 1. The van der Waals surface area contributed by atoms with Crippen molar-refractivity contribution in [2.24, 2.45) is 5.11 Å². The maximum Gasteiger partial charge on any atom is 0.165 e. The molecule has 3 N–H and O–H groups in total. The van der Waals surface area contributed by atoms with E-state index in [1.807, 2.05) is 0 Å². The summed E-state index contributed by atoms with van der Waals surface area (Å²) in [7, 11) is 0. The molecule has 1 fully saturated rings. The molecule has 3 rings (SSSR count). The second-order valence-corrected chi connectivity index (χ2v) is 4.44. The summed E-state index contributed by atoms with van der Waals surface area (Å²) < 4.78 is 6.78. The van der Waals surface area contributed by atoms with E-state index >= 15 is 0 Å². The summed E-state index contributed by atoms with van der Waals surface area (Å²) in [5.74, 6) is 0.0491. The van der Waals surface area contributed by atoms with Crippen LogP contribution in [-0.4, -0.2) is 59.8 Å².